The summed E-state index contributed by atoms with van der Waals surface area (Å²) in [5.41, 5.74) is 0.888. The molecule has 0 unspecified atom stereocenters. The number of hydrogen-bond acceptors (Lipinski definition) is 1. The van der Waals surface area contributed by atoms with Crippen LogP contribution in [0.15, 0.2) is 49.9 Å². The van der Waals surface area contributed by atoms with E-state index < -0.39 is 6.09 Å². The van der Waals surface area contributed by atoms with Gasteiger partial charge in [0, 0.05) is 24.2 Å². The van der Waals surface area contributed by atoms with Gasteiger partial charge in [-0.3, -0.25) is 4.90 Å². The number of allylic oxidation sites excluding steroid dienone is 2. The van der Waals surface area contributed by atoms with Gasteiger partial charge in [-0.1, -0.05) is 25.3 Å². The first-order valence-corrected chi connectivity index (χ1v) is 4.15. The normalized spacial score (nSPS) is 8.86. The molecule has 3 nitrogen and oxygen atoms in total. The standard InChI is InChI=1S/C11H15NO2/c1-5-7-9(3)12(11(13)14)10(4)8-6-2/h5-6H,1-4,7-8H2,(H,13,14). The van der Waals surface area contributed by atoms with Crippen LogP contribution in [0.25, 0.3) is 0 Å². The maximum atomic E-state index is 10.9. The van der Waals surface area contributed by atoms with Gasteiger partial charge in [-0.05, 0) is 0 Å². The molecular weight excluding hydrogens is 178 g/mol. The molecule has 0 saturated carbocycles. The van der Waals surface area contributed by atoms with E-state index in [2.05, 4.69) is 26.3 Å². The molecule has 0 fully saturated rings. The van der Waals surface area contributed by atoms with Gasteiger partial charge in [-0.15, -0.1) is 13.2 Å². The molecule has 0 aromatic rings. The van der Waals surface area contributed by atoms with Crippen molar-refractivity contribution in [3.8, 4) is 0 Å². The van der Waals surface area contributed by atoms with Gasteiger partial charge in [-0.25, -0.2) is 4.79 Å². The highest BCUT2D eigenvalue weighted by Crippen LogP contribution is 2.16. The van der Waals surface area contributed by atoms with Gasteiger partial charge in [0.1, 0.15) is 0 Å². The molecule has 0 atom stereocenters. The maximum Gasteiger partial charge on any atom is 0.415 e. The van der Waals surface area contributed by atoms with E-state index in [9.17, 15) is 4.79 Å². The van der Waals surface area contributed by atoms with Crippen LogP contribution in [0, 0.1) is 0 Å². The number of carboxylic acid groups (broad SMARTS) is 1. The van der Waals surface area contributed by atoms with Crippen LogP contribution in [0.3, 0.4) is 0 Å². The fourth-order valence-electron chi connectivity index (χ4n) is 1.01. The maximum absolute atomic E-state index is 10.9. The summed E-state index contributed by atoms with van der Waals surface area (Å²) in [5, 5.41) is 8.90. The predicted molar refractivity (Wildman–Crippen MR) is 57.8 cm³/mol. The molecule has 0 aliphatic carbocycles. The molecule has 0 aliphatic heterocycles. The van der Waals surface area contributed by atoms with Crippen molar-refractivity contribution in [3.63, 3.8) is 0 Å². The Bertz CT molecular complexity index is 257. The highest BCUT2D eigenvalue weighted by Gasteiger charge is 2.16. The molecular formula is C11H15NO2. The number of amides is 1. The molecule has 0 radical (unpaired) electrons. The van der Waals surface area contributed by atoms with Crippen molar-refractivity contribution in [2.75, 3.05) is 0 Å². The average molecular weight is 193 g/mol. The number of hydrogen-bond donors (Lipinski definition) is 1. The van der Waals surface area contributed by atoms with Crippen molar-refractivity contribution in [2.45, 2.75) is 12.8 Å². The van der Waals surface area contributed by atoms with E-state index in [0.29, 0.717) is 24.2 Å². The Morgan fingerprint density at radius 1 is 1.14 bits per heavy atom. The van der Waals surface area contributed by atoms with Crippen molar-refractivity contribution < 1.29 is 9.90 Å². The van der Waals surface area contributed by atoms with Gasteiger partial charge in [0.05, 0.1) is 0 Å². The van der Waals surface area contributed by atoms with Gasteiger partial charge in [0.2, 0.25) is 0 Å². The molecule has 0 bridgehead atoms. The van der Waals surface area contributed by atoms with Gasteiger partial charge in [0.25, 0.3) is 0 Å². The van der Waals surface area contributed by atoms with E-state index in [1.807, 2.05) is 0 Å². The van der Waals surface area contributed by atoms with Crippen LogP contribution >= 0.6 is 0 Å². The monoisotopic (exact) mass is 193 g/mol. The summed E-state index contributed by atoms with van der Waals surface area (Å²) in [5.74, 6) is 0. The molecule has 0 aliphatic rings. The summed E-state index contributed by atoms with van der Waals surface area (Å²) < 4.78 is 0. The summed E-state index contributed by atoms with van der Waals surface area (Å²) in [6.07, 6.45) is 2.95. The van der Waals surface area contributed by atoms with Crippen LogP contribution in [-0.4, -0.2) is 16.1 Å². The third kappa shape index (κ3) is 3.31. The topological polar surface area (TPSA) is 40.5 Å². The van der Waals surface area contributed by atoms with Crippen LogP contribution in [-0.2, 0) is 0 Å². The van der Waals surface area contributed by atoms with E-state index >= 15 is 0 Å². The average Bonchev–Trinajstić information content (AvgIpc) is 2.04. The first kappa shape index (κ1) is 12.2. The molecule has 3 heteroatoms. The van der Waals surface area contributed by atoms with Crippen molar-refractivity contribution >= 4 is 6.09 Å². The lowest BCUT2D eigenvalue weighted by Gasteiger charge is -2.22. The molecule has 76 valence electrons. The smallest absolute Gasteiger partial charge is 0.415 e. The van der Waals surface area contributed by atoms with E-state index in [1.54, 1.807) is 12.2 Å². The zero-order chi connectivity index (χ0) is 11.1. The molecule has 0 saturated heterocycles. The second-order valence-electron chi connectivity index (χ2n) is 2.74. The summed E-state index contributed by atoms with van der Waals surface area (Å²) >= 11 is 0. The summed E-state index contributed by atoms with van der Waals surface area (Å²) in [6.45, 7) is 14.3. The fraction of sp³-hybridized carbons (Fsp3) is 0.182. The Labute approximate surface area is 84.3 Å². The number of nitrogens with zero attached hydrogens (tertiary/aromatic N) is 1. The highest BCUT2D eigenvalue weighted by molar-refractivity contribution is 5.70. The van der Waals surface area contributed by atoms with Gasteiger partial charge >= 0.3 is 6.09 Å². The lowest BCUT2D eigenvalue weighted by atomic mass is 10.2. The zero-order valence-electron chi connectivity index (χ0n) is 8.20. The molecule has 0 rings (SSSR count). The summed E-state index contributed by atoms with van der Waals surface area (Å²) in [7, 11) is 0. The first-order chi connectivity index (χ1) is 6.54. The quantitative estimate of drug-likeness (QED) is 0.658. The largest absolute Gasteiger partial charge is 0.464 e. The van der Waals surface area contributed by atoms with E-state index in [-0.39, 0.29) is 0 Å². The molecule has 0 aromatic heterocycles. The van der Waals surface area contributed by atoms with E-state index in [0.717, 1.165) is 4.90 Å². The Kier molecular flexibility index (Phi) is 5.07. The van der Waals surface area contributed by atoms with Crippen molar-refractivity contribution in [1.82, 2.24) is 4.90 Å². The van der Waals surface area contributed by atoms with E-state index in [1.165, 1.54) is 0 Å². The number of rotatable bonds is 6. The predicted octanol–water partition coefficient (Wildman–Crippen LogP) is 3.15. The van der Waals surface area contributed by atoms with Crippen LogP contribution in [0.2, 0.25) is 0 Å². The van der Waals surface area contributed by atoms with Crippen LogP contribution in [0.1, 0.15) is 12.8 Å². The van der Waals surface area contributed by atoms with Crippen LogP contribution in [0.5, 0.6) is 0 Å². The van der Waals surface area contributed by atoms with Crippen LogP contribution in [0.4, 0.5) is 4.79 Å². The number of carbonyl (C=O) groups is 1. The van der Waals surface area contributed by atoms with Crippen LogP contribution < -0.4 is 0 Å². The first-order valence-electron chi connectivity index (χ1n) is 4.15. The molecule has 0 aromatic carbocycles. The molecule has 1 N–H and O–H groups in total. The Morgan fingerprint density at radius 2 is 1.50 bits per heavy atom. The van der Waals surface area contributed by atoms with Crippen molar-refractivity contribution in [2.24, 2.45) is 0 Å². The lowest BCUT2D eigenvalue weighted by molar-refractivity contribution is 0.168. The summed E-state index contributed by atoms with van der Waals surface area (Å²) in [6, 6.07) is 0. The van der Waals surface area contributed by atoms with Gasteiger partial charge in [-0.2, -0.15) is 0 Å². The zero-order valence-corrected chi connectivity index (χ0v) is 8.20. The third-order valence-corrected chi connectivity index (χ3v) is 1.58. The highest BCUT2D eigenvalue weighted by atomic mass is 16.4. The minimum Gasteiger partial charge on any atom is -0.464 e. The Morgan fingerprint density at radius 3 is 1.71 bits per heavy atom. The van der Waals surface area contributed by atoms with Gasteiger partial charge < -0.3 is 5.11 Å². The Balaban J connectivity index is 4.66. The minimum absolute atomic E-state index is 0.419. The third-order valence-electron chi connectivity index (χ3n) is 1.58. The lowest BCUT2D eigenvalue weighted by Crippen LogP contribution is -2.26. The molecule has 0 heterocycles. The van der Waals surface area contributed by atoms with Crippen molar-refractivity contribution in [3.05, 3.63) is 49.9 Å². The van der Waals surface area contributed by atoms with E-state index in [4.69, 9.17) is 5.11 Å². The second kappa shape index (κ2) is 5.80. The second-order valence-corrected chi connectivity index (χ2v) is 2.74. The fourth-order valence-corrected chi connectivity index (χ4v) is 1.01. The summed E-state index contributed by atoms with van der Waals surface area (Å²) in [4.78, 5) is 11.9. The molecule has 1 amide bonds. The SMILES string of the molecule is C=CCC(=C)N(C(=C)CC=C)C(=O)O. The molecule has 14 heavy (non-hydrogen) atoms. The molecule has 0 spiro atoms. The van der Waals surface area contributed by atoms with Crippen molar-refractivity contribution in [1.29, 1.82) is 0 Å². The Hall–Kier alpha value is -1.77. The minimum atomic E-state index is -1.08. The van der Waals surface area contributed by atoms with Gasteiger partial charge in [0.15, 0.2) is 0 Å².